The highest BCUT2D eigenvalue weighted by atomic mass is 32.1. The Morgan fingerprint density at radius 2 is 1.93 bits per heavy atom. The van der Waals surface area contributed by atoms with Crippen LogP contribution in [-0.2, 0) is 0 Å². The van der Waals surface area contributed by atoms with Crippen molar-refractivity contribution in [3.63, 3.8) is 0 Å². The van der Waals surface area contributed by atoms with Gasteiger partial charge in [-0.15, -0.1) is 11.3 Å². The number of carbonyl (C=O) groups excluding carboxylic acids is 1. The van der Waals surface area contributed by atoms with E-state index in [4.69, 9.17) is 0 Å². The smallest absolute Gasteiger partial charge is 0.261 e. The van der Waals surface area contributed by atoms with Gasteiger partial charge in [-0.3, -0.25) is 9.59 Å². The van der Waals surface area contributed by atoms with Gasteiger partial charge in [-0.1, -0.05) is 31.9 Å². The van der Waals surface area contributed by atoms with Crippen molar-refractivity contribution >= 4 is 38.2 Å². The third-order valence-corrected chi connectivity index (χ3v) is 6.25. The summed E-state index contributed by atoms with van der Waals surface area (Å²) >= 11 is 1.40. The number of amides is 1. The fourth-order valence-corrected chi connectivity index (χ4v) is 4.52. The topological polar surface area (TPSA) is 65.2 Å². The second-order valence-electron chi connectivity index (χ2n) is 7.25. The van der Waals surface area contributed by atoms with Crippen LogP contribution in [0.15, 0.2) is 29.1 Å². The molecule has 28 heavy (non-hydrogen) atoms. The van der Waals surface area contributed by atoms with Gasteiger partial charge in [-0.2, -0.15) is 0 Å². The molecule has 2 aromatic heterocycles. The van der Waals surface area contributed by atoms with Crippen LogP contribution in [0.3, 0.4) is 0 Å². The molecule has 0 saturated heterocycles. The summed E-state index contributed by atoms with van der Waals surface area (Å²) in [4.78, 5) is 30.9. The molecule has 0 aliphatic heterocycles. The van der Waals surface area contributed by atoms with Crippen LogP contribution in [0.1, 0.15) is 48.3 Å². The first-order chi connectivity index (χ1) is 13.5. The summed E-state index contributed by atoms with van der Waals surface area (Å²) in [5, 5.41) is 4.59. The van der Waals surface area contributed by atoms with E-state index in [2.05, 4.69) is 35.1 Å². The van der Waals surface area contributed by atoms with Crippen molar-refractivity contribution in [1.29, 1.82) is 0 Å². The number of pyridine rings is 1. The third kappa shape index (κ3) is 4.62. The van der Waals surface area contributed by atoms with Gasteiger partial charge in [0.05, 0.1) is 10.3 Å². The summed E-state index contributed by atoms with van der Waals surface area (Å²) in [7, 11) is 0. The van der Waals surface area contributed by atoms with Crippen molar-refractivity contribution in [2.24, 2.45) is 0 Å². The van der Waals surface area contributed by atoms with Crippen LogP contribution < -0.4 is 10.9 Å². The molecule has 0 unspecified atom stereocenters. The van der Waals surface area contributed by atoms with E-state index in [0.29, 0.717) is 16.8 Å². The number of carbonyl (C=O) groups is 1. The highest BCUT2D eigenvalue weighted by molar-refractivity contribution is 7.21. The van der Waals surface area contributed by atoms with Crippen molar-refractivity contribution in [3.8, 4) is 0 Å². The van der Waals surface area contributed by atoms with E-state index in [1.165, 1.54) is 24.2 Å². The summed E-state index contributed by atoms with van der Waals surface area (Å²) in [5.74, 6) is -0.0991. The van der Waals surface area contributed by atoms with Gasteiger partial charge >= 0.3 is 0 Å². The SMILES string of the molecule is CCCCN(CC)CCCNC(=O)c1cc2c(=O)[nH]c3ccc(C)cc3c2s1. The standard InChI is InChI=1S/C22H29N3O2S/c1-4-6-11-25(5-2)12-7-10-23-22(27)19-14-17-20(28-19)16-13-15(3)8-9-18(16)24-21(17)26/h8-9,13-14H,4-7,10-12H2,1-3H3,(H,23,27)(H,24,26). The number of aromatic nitrogens is 1. The number of hydrogen-bond acceptors (Lipinski definition) is 4. The van der Waals surface area contributed by atoms with E-state index in [0.717, 1.165) is 47.2 Å². The Kier molecular flexibility index (Phi) is 6.86. The molecule has 1 amide bonds. The van der Waals surface area contributed by atoms with Gasteiger partial charge in [0.2, 0.25) is 0 Å². The fraction of sp³-hybridized carbons (Fsp3) is 0.455. The molecule has 2 heterocycles. The molecule has 0 atom stereocenters. The van der Waals surface area contributed by atoms with E-state index in [1.807, 2.05) is 19.1 Å². The van der Waals surface area contributed by atoms with Crippen molar-refractivity contribution < 1.29 is 4.79 Å². The summed E-state index contributed by atoms with van der Waals surface area (Å²) in [6.07, 6.45) is 3.34. The lowest BCUT2D eigenvalue weighted by Crippen LogP contribution is -2.30. The number of hydrogen-bond donors (Lipinski definition) is 2. The van der Waals surface area contributed by atoms with Gasteiger partial charge in [-0.25, -0.2) is 0 Å². The van der Waals surface area contributed by atoms with Gasteiger partial charge in [0.15, 0.2) is 0 Å². The van der Waals surface area contributed by atoms with Crippen LogP contribution in [0, 0.1) is 6.92 Å². The number of nitrogens with one attached hydrogen (secondary N) is 2. The molecule has 0 fully saturated rings. The molecule has 0 spiro atoms. The van der Waals surface area contributed by atoms with Gasteiger partial charge in [-0.05, 0) is 57.6 Å². The van der Waals surface area contributed by atoms with Crippen molar-refractivity contribution in [2.75, 3.05) is 26.2 Å². The zero-order chi connectivity index (χ0) is 20.1. The van der Waals surface area contributed by atoms with Crippen LogP contribution >= 0.6 is 11.3 Å². The summed E-state index contributed by atoms with van der Waals surface area (Å²) in [6.45, 7) is 10.2. The molecule has 0 aliphatic carbocycles. The Hall–Kier alpha value is -2.18. The van der Waals surface area contributed by atoms with E-state index in [9.17, 15) is 9.59 Å². The molecule has 5 nitrogen and oxygen atoms in total. The Bertz CT molecular complexity index is 1020. The Morgan fingerprint density at radius 1 is 1.14 bits per heavy atom. The number of rotatable bonds is 9. The Balaban J connectivity index is 1.69. The number of benzene rings is 1. The lowest BCUT2D eigenvalue weighted by Gasteiger charge is -2.19. The zero-order valence-corrected chi connectivity index (χ0v) is 17.7. The first-order valence-corrected chi connectivity index (χ1v) is 10.9. The number of nitrogens with zero attached hydrogens (tertiary/aromatic N) is 1. The molecule has 0 saturated carbocycles. The maximum absolute atomic E-state index is 12.6. The number of unbranched alkanes of at least 4 members (excludes halogenated alkanes) is 1. The number of aryl methyl sites for hydroxylation is 1. The van der Waals surface area contributed by atoms with Gasteiger partial charge in [0.1, 0.15) is 0 Å². The molecular formula is C22H29N3O2S. The minimum absolute atomic E-state index is 0.0991. The van der Waals surface area contributed by atoms with Gasteiger partial charge < -0.3 is 15.2 Å². The van der Waals surface area contributed by atoms with Crippen molar-refractivity contribution in [3.05, 3.63) is 45.1 Å². The number of aromatic amines is 1. The Morgan fingerprint density at radius 3 is 2.68 bits per heavy atom. The fourth-order valence-electron chi connectivity index (χ4n) is 3.42. The summed E-state index contributed by atoms with van der Waals surface area (Å²) in [6, 6.07) is 7.67. The molecule has 0 aliphatic rings. The number of thiophene rings is 1. The number of fused-ring (bicyclic) bond motifs is 3. The molecule has 6 heteroatoms. The molecule has 0 radical (unpaired) electrons. The largest absolute Gasteiger partial charge is 0.351 e. The van der Waals surface area contributed by atoms with Crippen LogP contribution in [0.4, 0.5) is 0 Å². The maximum Gasteiger partial charge on any atom is 0.261 e. The van der Waals surface area contributed by atoms with Gasteiger partial charge in [0, 0.05) is 22.1 Å². The lowest BCUT2D eigenvalue weighted by molar-refractivity contribution is 0.0956. The summed E-state index contributed by atoms with van der Waals surface area (Å²) in [5.41, 5.74) is 1.80. The van der Waals surface area contributed by atoms with E-state index in [-0.39, 0.29) is 11.5 Å². The van der Waals surface area contributed by atoms with Crippen molar-refractivity contribution in [2.45, 2.75) is 40.0 Å². The molecule has 1 aromatic carbocycles. The highest BCUT2D eigenvalue weighted by Gasteiger charge is 2.14. The molecule has 3 rings (SSSR count). The van der Waals surface area contributed by atoms with Crippen molar-refractivity contribution in [1.82, 2.24) is 15.2 Å². The maximum atomic E-state index is 12.6. The van der Waals surface area contributed by atoms with E-state index >= 15 is 0 Å². The summed E-state index contributed by atoms with van der Waals surface area (Å²) < 4.78 is 0.879. The average Bonchev–Trinajstić information content (AvgIpc) is 3.14. The number of H-pyrrole nitrogens is 1. The zero-order valence-electron chi connectivity index (χ0n) is 16.9. The predicted octanol–water partition coefficient (Wildman–Crippen LogP) is 4.29. The normalized spacial score (nSPS) is 11.6. The Labute approximate surface area is 169 Å². The van der Waals surface area contributed by atoms with Crippen LogP contribution in [0.25, 0.3) is 21.0 Å². The van der Waals surface area contributed by atoms with Crippen LogP contribution in [0.2, 0.25) is 0 Å². The minimum Gasteiger partial charge on any atom is -0.351 e. The second kappa shape index (κ2) is 9.34. The molecular weight excluding hydrogens is 370 g/mol. The third-order valence-electron chi connectivity index (χ3n) is 5.08. The van der Waals surface area contributed by atoms with E-state index < -0.39 is 0 Å². The van der Waals surface area contributed by atoms with Crippen LogP contribution in [0.5, 0.6) is 0 Å². The van der Waals surface area contributed by atoms with Crippen LogP contribution in [-0.4, -0.2) is 42.0 Å². The molecule has 0 bridgehead atoms. The van der Waals surface area contributed by atoms with Gasteiger partial charge in [0.25, 0.3) is 11.5 Å². The average molecular weight is 400 g/mol. The minimum atomic E-state index is -0.142. The second-order valence-corrected chi connectivity index (χ2v) is 8.31. The molecule has 3 aromatic rings. The molecule has 150 valence electrons. The first-order valence-electron chi connectivity index (χ1n) is 10.1. The first kappa shape index (κ1) is 20.6. The van der Waals surface area contributed by atoms with E-state index in [1.54, 1.807) is 6.07 Å². The highest BCUT2D eigenvalue weighted by Crippen LogP contribution is 2.30. The lowest BCUT2D eigenvalue weighted by atomic mass is 10.1. The predicted molar refractivity (Wildman–Crippen MR) is 119 cm³/mol. The monoisotopic (exact) mass is 399 g/mol. The molecule has 2 N–H and O–H groups in total. The quantitative estimate of drug-likeness (QED) is 0.528.